The summed E-state index contributed by atoms with van der Waals surface area (Å²) in [6.07, 6.45) is 2.08. The van der Waals surface area contributed by atoms with Crippen molar-refractivity contribution in [3.8, 4) is 5.75 Å². The molecule has 9 nitrogen and oxygen atoms in total. The number of hydrogen-bond acceptors (Lipinski definition) is 7. The van der Waals surface area contributed by atoms with E-state index in [2.05, 4.69) is 15.6 Å². The molecule has 2 rings (SSSR count). The Bertz CT molecular complexity index is 986. The lowest BCUT2D eigenvalue weighted by molar-refractivity contribution is -0.123. The van der Waals surface area contributed by atoms with Gasteiger partial charge in [-0.05, 0) is 62.6 Å². The number of aryl methyl sites for hydroxylation is 2. The topological polar surface area (TPSA) is 127 Å². The van der Waals surface area contributed by atoms with Crippen molar-refractivity contribution in [1.29, 1.82) is 0 Å². The van der Waals surface area contributed by atoms with Crippen LogP contribution >= 0.6 is 11.8 Å². The molecule has 3 N–H and O–H groups in total. The van der Waals surface area contributed by atoms with Crippen LogP contribution in [0.5, 0.6) is 5.75 Å². The second-order valence-corrected chi connectivity index (χ2v) is 9.10. The summed E-state index contributed by atoms with van der Waals surface area (Å²) in [5, 5.41) is 0. The van der Waals surface area contributed by atoms with Crippen LogP contribution in [0.25, 0.3) is 0 Å². The highest BCUT2D eigenvalue weighted by Gasteiger charge is 2.26. The second kappa shape index (κ2) is 10.5. The lowest BCUT2D eigenvalue weighted by atomic mass is 10.2. The Morgan fingerprint density at radius 2 is 1.83 bits per heavy atom. The van der Waals surface area contributed by atoms with Crippen molar-refractivity contribution in [2.45, 2.75) is 31.2 Å². The molecule has 30 heavy (non-hydrogen) atoms. The summed E-state index contributed by atoms with van der Waals surface area (Å²) in [7, 11) is -2.48. The van der Waals surface area contributed by atoms with E-state index >= 15 is 0 Å². The van der Waals surface area contributed by atoms with Crippen LogP contribution in [0.2, 0.25) is 0 Å². The van der Waals surface area contributed by atoms with Gasteiger partial charge in [-0.2, -0.15) is 16.5 Å². The molecule has 0 bridgehead atoms. The van der Waals surface area contributed by atoms with Crippen LogP contribution in [0.3, 0.4) is 0 Å². The Labute approximate surface area is 180 Å². The standard InChI is InChI=1S/C19H25N3O6S2/c1-12-11-16(13(2)28-12)18(23)20-21-19(24)17(9-10-29-4)22-30(25,26)15-7-5-14(27-3)6-8-15/h5-8,11,17,22H,9-10H2,1-4H3,(H,20,23)(H,21,24). The van der Waals surface area contributed by atoms with Gasteiger partial charge in [0.1, 0.15) is 23.3 Å². The highest BCUT2D eigenvalue weighted by atomic mass is 32.2. The third-order valence-electron chi connectivity index (χ3n) is 4.18. The van der Waals surface area contributed by atoms with Gasteiger partial charge in [-0.25, -0.2) is 8.42 Å². The molecule has 0 saturated carbocycles. The molecule has 1 unspecified atom stereocenters. The van der Waals surface area contributed by atoms with Gasteiger partial charge in [0.2, 0.25) is 10.0 Å². The number of hydrogen-bond donors (Lipinski definition) is 3. The number of carbonyl (C=O) groups excluding carboxylic acids is 2. The number of hydrazine groups is 1. The molecule has 0 saturated heterocycles. The highest BCUT2D eigenvalue weighted by molar-refractivity contribution is 7.98. The minimum atomic E-state index is -3.96. The number of thioether (sulfide) groups is 1. The van der Waals surface area contributed by atoms with Gasteiger partial charge < -0.3 is 9.15 Å². The zero-order chi connectivity index (χ0) is 22.3. The lowest BCUT2D eigenvalue weighted by Gasteiger charge is -2.18. The van der Waals surface area contributed by atoms with E-state index in [1.165, 1.54) is 43.1 Å². The van der Waals surface area contributed by atoms with Crippen molar-refractivity contribution in [2.75, 3.05) is 19.1 Å². The monoisotopic (exact) mass is 455 g/mol. The number of methoxy groups -OCH3 is 1. The first kappa shape index (κ1) is 23.8. The van der Waals surface area contributed by atoms with Gasteiger partial charge in [-0.15, -0.1) is 0 Å². The summed E-state index contributed by atoms with van der Waals surface area (Å²) in [6, 6.07) is 6.28. The van der Waals surface area contributed by atoms with Crippen LogP contribution in [-0.2, 0) is 14.8 Å². The minimum absolute atomic E-state index is 0.00113. The normalized spacial score (nSPS) is 12.3. The Balaban J connectivity index is 2.08. The van der Waals surface area contributed by atoms with Crippen LogP contribution < -0.4 is 20.3 Å². The Hall–Kier alpha value is -2.50. The molecule has 2 aromatic rings. The van der Waals surface area contributed by atoms with Gasteiger partial charge in [0.15, 0.2) is 0 Å². The Kier molecular flexibility index (Phi) is 8.33. The molecular formula is C19H25N3O6S2. The molecular weight excluding hydrogens is 430 g/mol. The molecule has 0 fully saturated rings. The van der Waals surface area contributed by atoms with Gasteiger partial charge >= 0.3 is 0 Å². The third kappa shape index (κ3) is 6.25. The fourth-order valence-electron chi connectivity index (χ4n) is 2.62. The van der Waals surface area contributed by atoms with E-state index in [4.69, 9.17) is 9.15 Å². The van der Waals surface area contributed by atoms with E-state index in [0.29, 0.717) is 23.0 Å². The largest absolute Gasteiger partial charge is 0.497 e. The molecule has 164 valence electrons. The van der Waals surface area contributed by atoms with Gasteiger partial charge in [0.05, 0.1) is 17.6 Å². The number of rotatable bonds is 9. The maximum atomic E-state index is 12.7. The summed E-state index contributed by atoms with van der Waals surface area (Å²) in [6.45, 7) is 3.34. The minimum Gasteiger partial charge on any atom is -0.497 e. The summed E-state index contributed by atoms with van der Waals surface area (Å²) >= 11 is 1.47. The molecule has 0 aliphatic carbocycles. The van der Waals surface area contributed by atoms with E-state index in [1.54, 1.807) is 19.9 Å². The fraction of sp³-hybridized carbons (Fsp3) is 0.368. The average molecular weight is 456 g/mol. The Morgan fingerprint density at radius 1 is 1.17 bits per heavy atom. The SMILES string of the molecule is COc1ccc(S(=O)(=O)NC(CCSC)C(=O)NNC(=O)c2cc(C)oc2C)cc1. The molecule has 1 atom stereocenters. The lowest BCUT2D eigenvalue weighted by Crippen LogP contribution is -2.52. The number of furan rings is 1. The summed E-state index contributed by atoms with van der Waals surface area (Å²) in [4.78, 5) is 24.8. The van der Waals surface area contributed by atoms with E-state index in [-0.39, 0.29) is 16.9 Å². The zero-order valence-electron chi connectivity index (χ0n) is 17.1. The number of amides is 2. The van der Waals surface area contributed by atoms with Crippen LogP contribution in [0.15, 0.2) is 39.6 Å². The van der Waals surface area contributed by atoms with Gasteiger partial charge in [0, 0.05) is 0 Å². The fourth-order valence-corrected chi connectivity index (χ4v) is 4.32. The maximum Gasteiger partial charge on any atom is 0.273 e. The van der Waals surface area contributed by atoms with Crippen molar-refractivity contribution in [2.24, 2.45) is 0 Å². The summed E-state index contributed by atoms with van der Waals surface area (Å²) < 4.78 is 38.1. The third-order valence-corrected chi connectivity index (χ3v) is 6.31. The molecule has 0 aliphatic rings. The molecule has 1 aromatic carbocycles. The quantitative estimate of drug-likeness (QED) is 0.492. The van der Waals surface area contributed by atoms with E-state index in [0.717, 1.165) is 0 Å². The zero-order valence-corrected chi connectivity index (χ0v) is 18.8. The molecule has 0 spiro atoms. The van der Waals surface area contributed by atoms with E-state index in [1.807, 2.05) is 6.26 Å². The molecule has 2 amide bonds. The number of carbonyl (C=O) groups is 2. The predicted octanol–water partition coefficient (Wildman–Crippen LogP) is 1.77. The molecule has 0 aliphatic heterocycles. The number of benzene rings is 1. The molecule has 1 heterocycles. The smallest absolute Gasteiger partial charge is 0.273 e. The first-order valence-corrected chi connectivity index (χ1v) is 11.9. The van der Waals surface area contributed by atoms with Crippen molar-refractivity contribution >= 4 is 33.6 Å². The number of nitrogens with one attached hydrogen (secondary N) is 3. The van der Waals surface area contributed by atoms with Crippen molar-refractivity contribution in [3.63, 3.8) is 0 Å². The van der Waals surface area contributed by atoms with E-state index < -0.39 is 27.9 Å². The molecule has 1 aromatic heterocycles. The summed E-state index contributed by atoms with van der Waals surface area (Å²) in [5.74, 6) is 0.800. The maximum absolute atomic E-state index is 12.7. The van der Waals surface area contributed by atoms with Crippen LogP contribution in [0.4, 0.5) is 0 Å². The number of ether oxygens (including phenoxy) is 1. The van der Waals surface area contributed by atoms with Crippen LogP contribution in [0, 0.1) is 13.8 Å². The van der Waals surface area contributed by atoms with E-state index in [9.17, 15) is 18.0 Å². The number of sulfonamides is 1. The van der Waals surface area contributed by atoms with Gasteiger partial charge in [0.25, 0.3) is 11.8 Å². The Morgan fingerprint density at radius 3 is 2.37 bits per heavy atom. The van der Waals surface area contributed by atoms with Crippen LogP contribution in [-0.4, -0.2) is 45.4 Å². The van der Waals surface area contributed by atoms with Gasteiger partial charge in [-0.3, -0.25) is 20.4 Å². The van der Waals surface area contributed by atoms with Crippen molar-refractivity contribution in [3.05, 3.63) is 47.4 Å². The summed E-state index contributed by atoms with van der Waals surface area (Å²) in [5.41, 5.74) is 4.86. The molecule has 0 radical (unpaired) electrons. The van der Waals surface area contributed by atoms with Crippen LogP contribution in [0.1, 0.15) is 28.3 Å². The van der Waals surface area contributed by atoms with Crippen molar-refractivity contribution in [1.82, 2.24) is 15.6 Å². The predicted molar refractivity (Wildman–Crippen MR) is 114 cm³/mol. The highest BCUT2D eigenvalue weighted by Crippen LogP contribution is 2.16. The molecule has 11 heteroatoms. The van der Waals surface area contributed by atoms with Crippen molar-refractivity contribution < 1.29 is 27.2 Å². The first-order valence-electron chi connectivity index (χ1n) is 9.00. The average Bonchev–Trinajstić information content (AvgIpc) is 3.07. The first-order chi connectivity index (χ1) is 14.2. The second-order valence-electron chi connectivity index (χ2n) is 6.40. The van der Waals surface area contributed by atoms with Gasteiger partial charge in [-0.1, -0.05) is 0 Å².